The summed E-state index contributed by atoms with van der Waals surface area (Å²) in [5.41, 5.74) is 0. The van der Waals surface area contributed by atoms with Gasteiger partial charge in [0.15, 0.2) is 0 Å². The van der Waals surface area contributed by atoms with Crippen molar-refractivity contribution in [3.05, 3.63) is 0 Å². The van der Waals surface area contributed by atoms with Crippen molar-refractivity contribution in [1.82, 2.24) is 0 Å². The van der Waals surface area contributed by atoms with Gasteiger partial charge in [-0.15, -0.1) is 0 Å². The minimum Gasteiger partial charge on any atom is -0.391 e. The van der Waals surface area contributed by atoms with E-state index in [1.807, 2.05) is 20.8 Å². The molecule has 3 N–H and O–H groups in total. The van der Waals surface area contributed by atoms with Crippen molar-refractivity contribution in [3.8, 4) is 0 Å². The molecule has 0 fully saturated rings. The van der Waals surface area contributed by atoms with Crippen LogP contribution in [0.4, 0.5) is 0 Å². The van der Waals surface area contributed by atoms with Gasteiger partial charge >= 0.3 is 0 Å². The van der Waals surface area contributed by atoms with Crippen LogP contribution in [-0.4, -0.2) is 73.3 Å². The van der Waals surface area contributed by atoms with E-state index in [9.17, 15) is 15.3 Å². The van der Waals surface area contributed by atoms with Crippen LogP contribution in [-0.2, 0) is 14.2 Å². The number of aliphatic hydroxyl groups excluding tert-OH is 3. The highest BCUT2D eigenvalue weighted by Crippen LogP contribution is 2.15. The van der Waals surface area contributed by atoms with Crippen LogP contribution in [0.5, 0.6) is 0 Å². The fraction of sp³-hybridized carbons (Fsp3) is 1.00. The van der Waals surface area contributed by atoms with Crippen molar-refractivity contribution in [3.63, 3.8) is 0 Å². The van der Waals surface area contributed by atoms with E-state index >= 15 is 0 Å². The lowest BCUT2D eigenvalue weighted by Gasteiger charge is -2.17. The molecule has 0 aromatic heterocycles. The molecule has 0 aliphatic rings. The molecule has 0 heterocycles. The molecule has 0 aliphatic carbocycles. The highest BCUT2D eigenvalue weighted by atomic mass is 16.5. The SMILES string of the molecule is CCC(O)COCC(CC)CC.CCCCC(CC)COCC(O)CC.CCCCC(CCC)COCC(O)CC. The quantitative estimate of drug-likeness (QED) is 0.0932. The normalized spacial score (nSPS) is 14.9. The van der Waals surface area contributed by atoms with Gasteiger partial charge in [0.05, 0.1) is 38.1 Å². The van der Waals surface area contributed by atoms with Gasteiger partial charge in [-0.05, 0) is 56.3 Å². The summed E-state index contributed by atoms with van der Waals surface area (Å²) in [4.78, 5) is 0. The molecule has 0 spiro atoms. The Balaban J connectivity index is -0.000000532. The lowest BCUT2D eigenvalue weighted by Crippen LogP contribution is -2.18. The van der Waals surface area contributed by atoms with Gasteiger partial charge < -0.3 is 29.5 Å². The summed E-state index contributed by atoms with van der Waals surface area (Å²) in [6, 6.07) is 0. The Kier molecular flexibility index (Phi) is 39.6. The van der Waals surface area contributed by atoms with Crippen LogP contribution in [0, 0.1) is 17.8 Å². The molecule has 0 aliphatic heterocycles. The van der Waals surface area contributed by atoms with E-state index in [4.69, 9.17) is 14.2 Å². The predicted molar refractivity (Wildman–Crippen MR) is 177 cm³/mol. The number of unbranched alkanes of at least 4 members (excludes halogenated alkanes) is 2. The Morgan fingerprint density at radius 2 is 0.707 bits per heavy atom. The van der Waals surface area contributed by atoms with Crippen molar-refractivity contribution in [1.29, 1.82) is 0 Å². The summed E-state index contributed by atoms with van der Waals surface area (Å²) in [5.74, 6) is 2.03. The highest BCUT2D eigenvalue weighted by molar-refractivity contribution is 4.60. The summed E-state index contributed by atoms with van der Waals surface area (Å²) in [7, 11) is 0. The molecule has 41 heavy (non-hydrogen) atoms. The number of aliphatic hydroxyl groups is 3. The van der Waals surface area contributed by atoms with Crippen molar-refractivity contribution in [2.24, 2.45) is 17.8 Å². The summed E-state index contributed by atoms with van der Waals surface area (Å²) in [5, 5.41) is 27.8. The fourth-order valence-corrected chi connectivity index (χ4v) is 4.10. The van der Waals surface area contributed by atoms with Crippen LogP contribution in [0.15, 0.2) is 0 Å². The Morgan fingerprint density at radius 3 is 1.02 bits per heavy atom. The molecule has 5 unspecified atom stereocenters. The van der Waals surface area contributed by atoms with E-state index < -0.39 is 0 Å². The standard InChI is InChI=1S/C13H28O2.C12H26O2.C10H22O2/c1-4-7-9-12(8-5-2)10-15-11-13(14)6-3;1-4-7-8-11(5-2)9-14-10-12(13)6-3;1-4-9(5-2)7-12-8-10(11)6-3/h12-14H,4-11H2,1-3H3;11-13H,4-10H2,1-3H3;9-11H,4-8H2,1-3H3. The summed E-state index contributed by atoms with van der Waals surface area (Å²) >= 11 is 0. The third-order valence-electron chi connectivity index (χ3n) is 7.77. The maximum absolute atomic E-state index is 9.35. The minimum absolute atomic E-state index is 0.278. The summed E-state index contributed by atoms with van der Waals surface area (Å²) in [6.45, 7) is 23.1. The van der Waals surface area contributed by atoms with Crippen molar-refractivity contribution >= 4 is 0 Å². The van der Waals surface area contributed by atoms with Crippen LogP contribution >= 0.6 is 0 Å². The number of hydrogen-bond donors (Lipinski definition) is 3. The summed E-state index contributed by atoms with van der Waals surface area (Å²) in [6.07, 6.45) is 15.1. The van der Waals surface area contributed by atoms with E-state index in [2.05, 4.69) is 41.5 Å². The van der Waals surface area contributed by atoms with Gasteiger partial charge in [0.1, 0.15) is 0 Å². The first-order valence-electron chi connectivity index (χ1n) is 17.5. The molecule has 5 atom stereocenters. The van der Waals surface area contributed by atoms with Gasteiger partial charge in [0.2, 0.25) is 0 Å². The average Bonchev–Trinajstić information content (AvgIpc) is 2.99. The van der Waals surface area contributed by atoms with E-state index in [-0.39, 0.29) is 18.3 Å². The number of rotatable bonds is 26. The van der Waals surface area contributed by atoms with Gasteiger partial charge in [0.25, 0.3) is 0 Å². The molecule has 6 heteroatoms. The Morgan fingerprint density at radius 1 is 0.366 bits per heavy atom. The molecule has 0 aromatic rings. The minimum atomic E-state index is -0.279. The zero-order chi connectivity index (χ0) is 31.7. The van der Waals surface area contributed by atoms with Gasteiger partial charge in [-0.1, -0.05) is 114 Å². The topological polar surface area (TPSA) is 88.4 Å². The van der Waals surface area contributed by atoms with E-state index in [1.54, 1.807) is 0 Å². The maximum atomic E-state index is 9.35. The molecule has 0 saturated heterocycles. The highest BCUT2D eigenvalue weighted by Gasteiger charge is 2.09. The first-order chi connectivity index (χ1) is 19.7. The Hall–Kier alpha value is -0.240. The van der Waals surface area contributed by atoms with Crippen LogP contribution in [0.2, 0.25) is 0 Å². The van der Waals surface area contributed by atoms with Gasteiger partial charge in [0, 0.05) is 19.8 Å². The lowest BCUT2D eigenvalue weighted by molar-refractivity contribution is 0.0168. The zero-order valence-electron chi connectivity index (χ0n) is 29.2. The summed E-state index contributed by atoms with van der Waals surface area (Å²) < 4.78 is 16.4. The number of ether oxygens (including phenoxy) is 3. The zero-order valence-corrected chi connectivity index (χ0v) is 29.2. The van der Waals surface area contributed by atoms with Gasteiger partial charge in [-0.3, -0.25) is 0 Å². The fourth-order valence-electron chi connectivity index (χ4n) is 4.10. The molecule has 0 rings (SSSR count). The van der Waals surface area contributed by atoms with Crippen molar-refractivity contribution in [2.75, 3.05) is 39.6 Å². The molecule has 252 valence electrons. The van der Waals surface area contributed by atoms with Gasteiger partial charge in [-0.2, -0.15) is 0 Å². The average molecular weight is 593 g/mol. The second-order valence-corrected chi connectivity index (χ2v) is 11.7. The molecule has 0 aromatic carbocycles. The Labute approximate surface area is 257 Å². The molecule has 6 nitrogen and oxygen atoms in total. The molecule has 0 radical (unpaired) electrons. The second kappa shape index (κ2) is 36.0. The van der Waals surface area contributed by atoms with Crippen LogP contribution in [0.25, 0.3) is 0 Å². The van der Waals surface area contributed by atoms with Crippen LogP contribution < -0.4 is 0 Å². The monoisotopic (exact) mass is 593 g/mol. The van der Waals surface area contributed by atoms with Crippen LogP contribution in [0.1, 0.15) is 152 Å². The van der Waals surface area contributed by atoms with Crippen molar-refractivity contribution in [2.45, 2.75) is 171 Å². The lowest BCUT2D eigenvalue weighted by atomic mass is 9.98. The predicted octanol–water partition coefficient (Wildman–Crippen LogP) is 8.58. The second-order valence-electron chi connectivity index (χ2n) is 11.7. The Bertz CT molecular complexity index is 460. The molecule has 0 saturated carbocycles. The molecular weight excluding hydrogens is 516 g/mol. The van der Waals surface area contributed by atoms with Gasteiger partial charge in [-0.25, -0.2) is 0 Å². The molecule has 0 amide bonds. The van der Waals surface area contributed by atoms with E-state index in [1.165, 1.54) is 70.6 Å². The first-order valence-corrected chi connectivity index (χ1v) is 17.5. The largest absolute Gasteiger partial charge is 0.391 e. The van der Waals surface area contributed by atoms with E-state index in [0.29, 0.717) is 37.6 Å². The maximum Gasteiger partial charge on any atom is 0.0771 e. The number of hydrogen-bond acceptors (Lipinski definition) is 6. The smallest absolute Gasteiger partial charge is 0.0771 e. The van der Waals surface area contributed by atoms with Crippen molar-refractivity contribution < 1.29 is 29.5 Å². The first kappa shape index (κ1) is 45.2. The molecular formula is C35H76O6. The van der Waals surface area contributed by atoms with Crippen LogP contribution in [0.3, 0.4) is 0 Å². The van der Waals surface area contributed by atoms with E-state index in [0.717, 1.165) is 39.1 Å². The molecule has 0 bridgehead atoms. The third-order valence-corrected chi connectivity index (χ3v) is 7.77. The third kappa shape index (κ3) is 34.1.